The molecule has 2 N–H and O–H groups in total. The number of morpholine rings is 1. The highest BCUT2D eigenvalue weighted by Crippen LogP contribution is 2.27. The van der Waals surface area contributed by atoms with E-state index >= 15 is 0 Å². The third kappa shape index (κ3) is 3.12. The van der Waals surface area contributed by atoms with Crippen LogP contribution < -0.4 is 10.6 Å². The fourth-order valence-corrected chi connectivity index (χ4v) is 3.33. The molecular formula is C16H22N4O. The Labute approximate surface area is 125 Å². The summed E-state index contributed by atoms with van der Waals surface area (Å²) in [5.74, 6) is 0. The molecule has 5 heteroatoms. The fourth-order valence-electron chi connectivity index (χ4n) is 3.33. The summed E-state index contributed by atoms with van der Waals surface area (Å²) in [6.07, 6.45) is 2.30. The van der Waals surface area contributed by atoms with E-state index in [1.54, 1.807) is 6.07 Å². The Morgan fingerprint density at radius 3 is 2.52 bits per heavy atom. The summed E-state index contributed by atoms with van der Waals surface area (Å²) in [6, 6.07) is 8.54. The maximum absolute atomic E-state index is 9.28. The third-order valence-electron chi connectivity index (χ3n) is 4.51. The minimum absolute atomic E-state index is 0.651. The van der Waals surface area contributed by atoms with Crippen LogP contribution in [0.15, 0.2) is 18.2 Å². The molecule has 0 radical (unpaired) electrons. The number of hydrogen-bond donors (Lipinski definition) is 1. The fraction of sp³-hybridized carbons (Fsp3) is 0.562. The lowest BCUT2D eigenvalue weighted by atomic mass is 10.0. The summed E-state index contributed by atoms with van der Waals surface area (Å²) in [6.45, 7) is 5.82. The van der Waals surface area contributed by atoms with Crippen molar-refractivity contribution in [2.24, 2.45) is 0 Å². The number of hydrogen-bond acceptors (Lipinski definition) is 5. The Morgan fingerprint density at radius 1 is 1.14 bits per heavy atom. The smallest absolute Gasteiger partial charge is 0.101 e. The standard InChI is InChI=1S/C16H22N4O/c17-12-13-11-14(18)1-2-16(13)20-5-3-15(4-6-20)19-7-9-21-10-8-19/h1-2,11,15H,3-10,18H2. The largest absolute Gasteiger partial charge is 0.399 e. The molecule has 0 atom stereocenters. The molecular weight excluding hydrogens is 264 g/mol. The molecule has 21 heavy (non-hydrogen) atoms. The van der Waals surface area contributed by atoms with Gasteiger partial charge in [0, 0.05) is 37.9 Å². The van der Waals surface area contributed by atoms with E-state index in [1.807, 2.05) is 12.1 Å². The molecule has 2 heterocycles. The SMILES string of the molecule is N#Cc1cc(N)ccc1N1CCC(N2CCOCC2)CC1. The number of rotatable bonds is 2. The summed E-state index contributed by atoms with van der Waals surface area (Å²) in [7, 11) is 0. The highest BCUT2D eigenvalue weighted by molar-refractivity contribution is 5.64. The van der Waals surface area contributed by atoms with E-state index in [-0.39, 0.29) is 0 Å². The van der Waals surface area contributed by atoms with Gasteiger partial charge in [-0.3, -0.25) is 4.90 Å². The van der Waals surface area contributed by atoms with Crippen LogP contribution in [0.2, 0.25) is 0 Å². The molecule has 0 bridgehead atoms. The van der Waals surface area contributed by atoms with E-state index in [4.69, 9.17) is 10.5 Å². The number of benzene rings is 1. The topological polar surface area (TPSA) is 65.5 Å². The van der Waals surface area contributed by atoms with Crippen molar-refractivity contribution in [1.29, 1.82) is 5.26 Å². The first kappa shape index (κ1) is 14.2. The maximum atomic E-state index is 9.28. The normalized spacial score (nSPS) is 21.2. The number of ether oxygens (including phenoxy) is 1. The lowest BCUT2D eigenvalue weighted by Gasteiger charge is -2.41. The zero-order chi connectivity index (χ0) is 14.7. The number of piperidine rings is 1. The molecule has 2 saturated heterocycles. The van der Waals surface area contributed by atoms with E-state index in [1.165, 1.54) is 0 Å². The second kappa shape index (κ2) is 6.33. The second-order valence-electron chi connectivity index (χ2n) is 5.75. The number of nitriles is 1. The van der Waals surface area contributed by atoms with Gasteiger partial charge in [0.05, 0.1) is 24.5 Å². The van der Waals surface area contributed by atoms with Crippen molar-refractivity contribution in [3.05, 3.63) is 23.8 Å². The van der Waals surface area contributed by atoms with Gasteiger partial charge in [-0.25, -0.2) is 0 Å². The Bertz CT molecular complexity index is 526. The van der Waals surface area contributed by atoms with Crippen molar-refractivity contribution >= 4 is 11.4 Å². The lowest BCUT2D eigenvalue weighted by molar-refractivity contribution is 0.0115. The molecule has 1 aromatic carbocycles. The van der Waals surface area contributed by atoms with E-state index in [9.17, 15) is 5.26 Å². The number of anilines is 2. The van der Waals surface area contributed by atoms with Crippen molar-refractivity contribution < 1.29 is 4.74 Å². The van der Waals surface area contributed by atoms with Gasteiger partial charge in [-0.05, 0) is 31.0 Å². The molecule has 5 nitrogen and oxygen atoms in total. The van der Waals surface area contributed by atoms with Gasteiger partial charge in [0.25, 0.3) is 0 Å². The average molecular weight is 286 g/mol. The van der Waals surface area contributed by atoms with Crippen LogP contribution in [0.25, 0.3) is 0 Å². The first-order valence-corrected chi connectivity index (χ1v) is 7.64. The Hall–Kier alpha value is -1.77. The van der Waals surface area contributed by atoms with Gasteiger partial charge in [-0.15, -0.1) is 0 Å². The summed E-state index contributed by atoms with van der Waals surface area (Å²) >= 11 is 0. The quantitative estimate of drug-likeness (QED) is 0.833. The van der Waals surface area contributed by atoms with E-state index < -0.39 is 0 Å². The molecule has 0 unspecified atom stereocenters. The molecule has 0 aliphatic carbocycles. The van der Waals surface area contributed by atoms with Crippen LogP contribution in [0.3, 0.4) is 0 Å². The molecule has 0 spiro atoms. The minimum atomic E-state index is 0.651. The number of nitrogen functional groups attached to an aromatic ring is 1. The van der Waals surface area contributed by atoms with Gasteiger partial charge in [0.2, 0.25) is 0 Å². The van der Waals surface area contributed by atoms with Crippen LogP contribution in [0.5, 0.6) is 0 Å². The molecule has 0 aromatic heterocycles. The maximum Gasteiger partial charge on any atom is 0.101 e. The lowest BCUT2D eigenvalue weighted by Crippen LogP contribution is -2.49. The summed E-state index contributed by atoms with van der Waals surface area (Å²) < 4.78 is 5.42. The van der Waals surface area contributed by atoms with Gasteiger partial charge < -0.3 is 15.4 Å². The first-order valence-electron chi connectivity index (χ1n) is 7.64. The third-order valence-corrected chi connectivity index (χ3v) is 4.51. The Morgan fingerprint density at radius 2 is 1.86 bits per heavy atom. The Kier molecular flexibility index (Phi) is 4.28. The first-order chi connectivity index (χ1) is 10.3. The molecule has 2 aliphatic heterocycles. The molecule has 0 saturated carbocycles. The van der Waals surface area contributed by atoms with Crippen molar-refractivity contribution in [2.75, 3.05) is 50.0 Å². The van der Waals surface area contributed by atoms with Gasteiger partial charge in [-0.2, -0.15) is 5.26 Å². The van der Waals surface area contributed by atoms with Crippen LogP contribution in [-0.4, -0.2) is 50.3 Å². The summed E-state index contributed by atoms with van der Waals surface area (Å²) in [5, 5.41) is 9.28. The highest BCUT2D eigenvalue weighted by Gasteiger charge is 2.26. The van der Waals surface area contributed by atoms with Crippen LogP contribution >= 0.6 is 0 Å². The minimum Gasteiger partial charge on any atom is -0.399 e. The molecule has 3 rings (SSSR count). The molecule has 0 amide bonds. The summed E-state index contributed by atoms with van der Waals surface area (Å²) in [5.41, 5.74) is 8.12. The van der Waals surface area contributed by atoms with Crippen molar-refractivity contribution in [3.8, 4) is 6.07 Å². The van der Waals surface area contributed by atoms with Crippen molar-refractivity contribution in [2.45, 2.75) is 18.9 Å². The van der Waals surface area contributed by atoms with Crippen LogP contribution in [0, 0.1) is 11.3 Å². The van der Waals surface area contributed by atoms with Crippen LogP contribution in [-0.2, 0) is 4.74 Å². The number of nitrogens with two attached hydrogens (primary N) is 1. The van der Waals surface area contributed by atoms with Crippen LogP contribution in [0.4, 0.5) is 11.4 Å². The predicted molar refractivity (Wildman–Crippen MR) is 83.2 cm³/mol. The zero-order valence-corrected chi connectivity index (χ0v) is 12.3. The number of nitrogens with zero attached hydrogens (tertiary/aromatic N) is 3. The van der Waals surface area contributed by atoms with Gasteiger partial charge >= 0.3 is 0 Å². The monoisotopic (exact) mass is 286 g/mol. The Balaban J connectivity index is 1.64. The van der Waals surface area contributed by atoms with Gasteiger partial charge in [0.15, 0.2) is 0 Å². The average Bonchev–Trinajstić information content (AvgIpc) is 2.56. The summed E-state index contributed by atoms with van der Waals surface area (Å²) in [4.78, 5) is 4.87. The second-order valence-corrected chi connectivity index (χ2v) is 5.75. The van der Waals surface area contributed by atoms with Crippen molar-refractivity contribution in [1.82, 2.24) is 4.90 Å². The van der Waals surface area contributed by atoms with Gasteiger partial charge in [-0.1, -0.05) is 0 Å². The van der Waals surface area contributed by atoms with Gasteiger partial charge in [0.1, 0.15) is 6.07 Å². The highest BCUT2D eigenvalue weighted by atomic mass is 16.5. The zero-order valence-electron chi connectivity index (χ0n) is 12.3. The molecule has 112 valence electrons. The van der Waals surface area contributed by atoms with Crippen LogP contribution in [0.1, 0.15) is 18.4 Å². The van der Waals surface area contributed by atoms with E-state index in [0.29, 0.717) is 17.3 Å². The molecule has 2 aliphatic rings. The van der Waals surface area contributed by atoms with Crippen molar-refractivity contribution in [3.63, 3.8) is 0 Å². The molecule has 2 fully saturated rings. The van der Waals surface area contributed by atoms with E-state index in [0.717, 1.165) is 57.9 Å². The van der Waals surface area contributed by atoms with E-state index in [2.05, 4.69) is 15.9 Å². The molecule has 1 aromatic rings. The predicted octanol–water partition coefficient (Wildman–Crippen LogP) is 1.44.